The molecule has 0 aliphatic carbocycles. The fourth-order valence-electron chi connectivity index (χ4n) is 1.63. The Morgan fingerprint density at radius 2 is 2.15 bits per heavy atom. The van der Waals surface area contributed by atoms with Gasteiger partial charge in [-0.1, -0.05) is 6.07 Å². The Bertz CT molecular complexity index is 479. The van der Waals surface area contributed by atoms with Crippen LogP contribution in [0, 0.1) is 5.92 Å². The Labute approximate surface area is 127 Å². The van der Waals surface area contributed by atoms with Gasteiger partial charge in [-0.15, -0.1) is 0 Å². The molecule has 1 aromatic rings. The molecule has 0 radical (unpaired) electrons. The molecule has 5 nitrogen and oxygen atoms in total. The molecule has 0 saturated heterocycles. The number of pyridine rings is 1. The van der Waals surface area contributed by atoms with Crippen LogP contribution in [0.15, 0.2) is 22.9 Å². The third kappa shape index (κ3) is 4.92. The van der Waals surface area contributed by atoms with E-state index in [0.29, 0.717) is 11.2 Å². The van der Waals surface area contributed by atoms with E-state index >= 15 is 0 Å². The van der Waals surface area contributed by atoms with Crippen molar-refractivity contribution in [2.45, 2.75) is 33.2 Å². The maximum Gasteiger partial charge on any atom is 0.310 e. The van der Waals surface area contributed by atoms with Gasteiger partial charge in [-0.25, -0.2) is 4.98 Å². The van der Waals surface area contributed by atoms with Crippen LogP contribution < -0.4 is 5.32 Å². The summed E-state index contributed by atoms with van der Waals surface area (Å²) in [5, 5.41) is 2.81. The summed E-state index contributed by atoms with van der Waals surface area (Å²) in [7, 11) is 0. The molecule has 1 amide bonds. The number of ether oxygens (including phenoxy) is 1. The Balaban J connectivity index is 2.54. The van der Waals surface area contributed by atoms with Crippen molar-refractivity contribution >= 4 is 27.8 Å². The van der Waals surface area contributed by atoms with E-state index in [9.17, 15) is 9.59 Å². The highest BCUT2D eigenvalue weighted by Crippen LogP contribution is 2.13. The van der Waals surface area contributed by atoms with Gasteiger partial charge < -0.3 is 10.1 Å². The summed E-state index contributed by atoms with van der Waals surface area (Å²) in [5.74, 6) is -0.832. The monoisotopic (exact) mass is 342 g/mol. The average Bonchev–Trinajstić information content (AvgIpc) is 2.40. The molecule has 0 saturated carbocycles. The molecule has 0 fully saturated rings. The number of nitrogens with one attached hydrogen (secondary N) is 1. The van der Waals surface area contributed by atoms with E-state index in [0.717, 1.165) is 5.56 Å². The second-order valence-corrected chi connectivity index (χ2v) is 5.28. The fraction of sp³-hybridized carbons (Fsp3) is 0.500. The normalized spacial score (nSPS) is 13.4. The van der Waals surface area contributed by atoms with Gasteiger partial charge in [0.25, 0.3) is 0 Å². The van der Waals surface area contributed by atoms with Crippen LogP contribution >= 0.6 is 15.9 Å². The van der Waals surface area contributed by atoms with Crippen LogP contribution in [-0.4, -0.2) is 29.5 Å². The fourth-order valence-corrected chi connectivity index (χ4v) is 2.02. The summed E-state index contributed by atoms with van der Waals surface area (Å²) in [6.45, 7) is 5.63. The number of rotatable bonds is 6. The summed E-state index contributed by atoms with van der Waals surface area (Å²) < 4.78 is 5.59. The molecule has 1 aromatic heterocycles. The van der Waals surface area contributed by atoms with Crippen molar-refractivity contribution < 1.29 is 14.3 Å². The molecule has 0 aliphatic rings. The Hall–Kier alpha value is -1.43. The van der Waals surface area contributed by atoms with Crippen LogP contribution in [0.5, 0.6) is 0 Å². The average molecular weight is 343 g/mol. The van der Waals surface area contributed by atoms with Crippen LogP contribution in [0.25, 0.3) is 0 Å². The number of amides is 1. The van der Waals surface area contributed by atoms with E-state index < -0.39 is 0 Å². The molecule has 0 spiro atoms. The van der Waals surface area contributed by atoms with Crippen molar-refractivity contribution in [1.29, 1.82) is 0 Å². The van der Waals surface area contributed by atoms with Crippen LogP contribution in [-0.2, 0) is 20.7 Å². The summed E-state index contributed by atoms with van der Waals surface area (Å²) >= 11 is 3.30. The molecular weight excluding hydrogens is 324 g/mol. The Kier molecular flexibility index (Phi) is 6.64. The van der Waals surface area contributed by atoms with E-state index in [1.807, 2.05) is 6.07 Å². The number of esters is 1. The number of aromatic nitrogens is 1. The molecule has 1 heterocycles. The molecule has 0 aliphatic heterocycles. The lowest BCUT2D eigenvalue weighted by Crippen LogP contribution is -2.41. The molecule has 0 aromatic carbocycles. The number of nitrogens with zero attached hydrogens (tertiary/aromatic N) is 1. The first kappa shape index (κ1) is 16.6. The SMILES string of the molecule is CCOC(=O)C(C)C(C)NC(=O)Cc1cccnc1Br. The van der Waals surface area contributed by atoms with Crippen molar-refractivity contribution in [3.8, 4) is 0 Å². The van der Waals surface area contributed by atoms with Gasteiger partial charge in [-0.3, -0.25) is 9.59 Å². The third-order valence-electron chi connectivity index (χ3n) is 2.98. The lowest BCUT2D eigenvalue weighted by atomic mass is 10.0. The van der Waals surface area contributed by atoms with Gasteiger partial charge >= 0.3 is 5.97 Å². The quantitative estimate of drug-likeness (QED) is 0.634. The van der Waals surface area contributed by atoms with E-state index in [2.05, 4.69) is 26.2 Å². The summed E-state index contributed by atoms with van der Waals surface area (Å²) in [4.78, 5) is 27.6. The van der Waals surface area contributed by atoms with Crippen molar-refractivity contribution in [3.05, 3.63) is 28.5 Å². The second-order valence-electron chi connectivity index (χ2n) is 4.53. The van der Waals surface area contributed by atoms with Gasteiger partial charge in [-0.05, 0) is 48.3 Å². The highest BCUT2D eigenvalue weighted by atomic mass is 79.9. The second kappa shape index (κ2) is 7.99. The first-order chi connectivity index (χ1) is 9.45. The first-order valence-corrected chi connectivity index (χ1v) is 7.30. The topological polar surface area (TPSA) is 68.3 Å². The third-order valence-corrected chi connectivity index (χ3v) is 3.70. The van der Waals surface area contributed by atoms with Crippen LogP contribution in [0.1, 0.15) is 26.3 Å². The van der Waals surface area contributed by atoms with E-state index in [1.54, 1.807) is 33.0 Å². The van der Waals surface area contributed by atoms with Gasteiger partial charge in [0.1, 0.15) is 4.60 Å². The van der Waals surface area contributed by atoms with Gasteiger partial charge in [0.2, 0.25) is 5.91 Å². The summed E-state index contributed by atoms with van der Waals surface area (Å²) in [6, 6.07) is 3.32. The minimum Gasteiger partial charge on any atom is -0.466 e. The van der Waals surface area contributed by atoms with Gasteiger partial charge in [0.05, 0.1) is 18.9 Å². The number of halogens is 1. The lowest BCUT2D eigenvalue weighted by Gasteiger charge is -2.19. The predicted molar refractivity (Wildman–Crippen MR) is 79.0 cm³/mol. The molecule has 110 valence electrons. The minimum absolute atomic E-state index is 0.151. The van der Waals surface area contributed by atoms with E-state index in [1.165, 1.54) is 0 Å². The summed E-state index contributed by atoms with van der Waals surface area (Å²) in [6.07, 6.45) is 1.87. The zero-order chi connectivity index (χ0) is 15.1. The Morgan fingerprint density at radius 3 is 2.75 bits per heavy atom. The molecule has 20 heavy (non-hydrogen) atoms. The van der Waals surface area contributed by atoms with Crippen LogP contribution in [0.4, 0.5) is 0 Å². The largest absolute Gasteiger partial charge is 0.466 e. The standard InChI is InChI=1S/C14H19BrN2O3/c1-4-20-14(19)9(2)10(3)17-12(18)8-11-6-5-7-16-13(11)15/h5-7,9-10H,4,8H2,1-3H3,(H,17,18). The highest BCUT2D eigenvalue weighted by molar-refractivity contribution is 9.10. The number of hydrogen-bond acceptors (Lipinski definition) is 4. The van der Waals surface area contributed by atoms with Crippen molar-refractivity contribution in [2.75, 3.05) is 6.61 Å². The van der Waals surface area contributed by atoms with Gasteiger partial charge in [-0.2, -0.15) is 0 Å². The first-order valence-electron chi connectivity index (χ1n) is 6.51. The van der Waals surface area contributed by atoms with Crippen molar-refractivity contribution in [2.24, 2.45) is 5.92 Å². The maximum atomic E-state index is 11.9. The molecule has 1 N–H and O–H groups in total. The van der Waals surface area contributed by atoms with E-state index in [-0.39, 0.29) is 30.3 Å². The molecule has 0 bridgehead atoms. The lowest BCUT2D eigenvalue weighted by molar-refractivity contribution is -0.148. The van der Waals surface area contributed by atoms with Gasteiger partial charge in [0.15, 0.2) is 0 Å². The smallest absolute Gasteiger partial charge is 0.310 e. The number of carbonyl (C=O) groups is 2. The predicted octanol–water partition coefficient (Wildman–Crippen LogP) is 2.09. The highest BCUT2D eigenvalue weighted by Gasteiger charge is 2.23. The zero-order valence-electron chi connectivity index (χ0n) is 11.9. The molecule has 2 atom stereocenters. The van der Waals surface area contributed by atoms with Crippen molar-refractivity contribution in [3.63, 3.8) is 0 Å². The molecular formula is C14H19BrN2O3. The summed E-state index contributed by atoms with van der Waals surface area (Å²) in [5.41, 5.74) is 0.806. The maximum absolute atomic E-state index is 11.9. The Morgan fingerprint density at radius 1 is 1.45 bits per heavy atom. The minimum atomic E-state index is -0.378. The van der Waals surface area contributed by atoms with E-state index in [4.69, 9.17) is 4.74 Å². The number of hydrogen-bond donors (Lipinski definition) is 1. The van der Waals surface area contributed by atoms with Crippen LogP contribution in [0.2, 0.25) is 0 Å². The molecule has 2 unspecified atom stereocenters. The molecule has 1 rings (SSSR count). The molecule has 6 heteroatoms. The van der Waals surface area contributed by atoms with Gasteiger partial charge in [0, 0.05) is 12.2 Å². The van der Waals surface area contributed by atoms with Crippen LogP contribution in [0.3, 0.4) is 0 Å². The van der Waals surface area contributed by atoms with Crippen molar-refractivity contribution in [1.82, 2.24) is 10.3 Å². The number of carbonyl (C=O) groups excluding carboxylic acids is 2. The zero-order valence-corrected chi connectivity index (χ0v) is 13.4.